The van der Waals surface area contributed by atoms with Gasteiger partial charge in [-0.15, -0.1) is 0 Å². The predicted molar refractivity (Wildman–Crippen MR) is 122 cm³/mol. The number of aromatic nitrogens is 1. The fraction of sp³-hybridized carbons (Fsp3) is 0.208. The molecule has 6 nitrogen and oxygen atoms in total. The van der Waals surface area contributed by atoms with E-state index < -0.39 is 23.2 Å². The second-order valence-corrected chi connectivity index (χ2v) is 8.46. The Labute approximate surface area is 184 Å². The van der Waals surface area contributed by atoms with Gasteiger partial charge in [-0.1, -0.05) is 48.0 Å². The van der Waals surface area contributed by atoms with Crippen molar-refractivity contribution in [1.82, 2.24) is 9.47 Å². The van der Waals surface area contributed by atoms with Crippen molar-refractivity contribution < 1.29 is 19.1 Å². The molecule has 2 amide bonds. The van der Waals surface area contributed by atoms with Gasteiger partial charge in [-0.05, 0) is 43.3 Å². The SMILES string of the molecule is COC(=O)[C@@H](C)N1C(=O)S/C(=C/c2cn(Cc3ccc(C)cc3)c3ccccc23)C1=O. The number of fused-ring (bicyclic) bond motifs is 1. The highest BCUT2D eigenvalue weighted by Crippen LogP contribution is 2.35. The van der Waals surface area contributed by atoms with Crippen LogP contribution in [0.5, 0.6) is 0 Å². The quantitative estimate of drug-likeness (QED) is 0.434. The molecular formula is C24H22N2O4S. The number of ether oxygens (including phenoxy) is 1. The summed E-state index contributed by atoms with van der Waals surface area (Å²) in [5.41, 5.74) is 4.26. The molecule has 2 aromatic carbocycles. The summed E-state index contributed by atoms with van der Waals surface area (Å²) in [7, 11) is 1.23. The molecule has 1 atom stereocenters. The summed E-state index contributed by atoms with van der Waals surface area (Å²) < 4.78 is 6.81. The van der Waals surface area contributed by atoms with Gasteiger partial charge < -0.3 is 9.30 Å². The van der Waals surface area contributed by atoms with E-state index in [0.717, 1.165) is 33.1 Å². The molecule has 0 aliphatic carbocycles. The molecule has 31 heavy (non-hydrogen) atoms. The van der Waals surface area contributed by atoms with Crippen LogP contribution in [0.1, 0.15) is 23.6 Å². The molecule has 0 saturated carbocycles. The molecule has 7 heteroatoms. The molecule has 0 radical (unpaired) electrons. The van der Waals surface area contributed by atoms with Crippen molar-refractivity contribution in [3.63, 3.8) is 0 Å². The number of imide groups is 1. The van der Waals surface area contributed by atoms with Crippen molar-refractivity contribution >= 4 is 45.9 Å². The summed E-state index contributed by atoms with van der Waals surface area (Å²) in [5.74, 6) is -1.11. The highest BCUT2D eigenvalue weighted by Gasteiger charge is 2.41. The van der Waals surface area contributed by atoms with Crippen LogP contribution in [0, 0.1) is 6.92 Å². The number of esters is 1. The first-order valence-electron chi connectivity index (χ1n) is 9.87. The third-order valence-electron chi connectivity index (χ3n) is 5.33. The van der Waals surface area contributed by atoms with Crippen LogP contribution in [-0.2, 0) is 20.9 Å². The minimum atomic E-state index is -0.966. The van der Waals surface area contributed by atoms with E-state index in [1.165, 1.54) is 25.2 Å². The minimum Gasteiger partial charge on any atom is -0.467 e. The molecule has 1 saturated heterocycles. The average Bonchev–Trinajstić information content (AvgIpc) is 3.25. The normalized spacial score (nSPS) is 16.4. The number of hydrogen-bond acceptors (Lipinski definition) is 5. The van der Waals surface area contributed by atoms with E-state index in [1.54, 1.807) is 6.08 Å². The fourth-order valence-electron chi connectivity index (χ4n) is 3.64. The molecule has 1 aromatic heterocycles. The fourth-order valence-corrected chi connectivity index (χ4v) is 4.54. The first kappa shape index (κ1) is 20.9. The van der Waals surface area contributed by atoms with Gasteiger partial charge in [-0.2, -0.15) is 0 Å². The van der Waals surface area contributed by atoms with Crippen molar-refractivity contribution in [1.29, 1.82) is 0 Å². The van der Waals surface area contributed by atoms with Gasteiger partial charge in [-0.25, -0.2) is 4.79 Å². The second-order valence-electron chi connectivity index (χ2n) is 7.47. The molecule has 0 spiro atoms. The summed E-state index contributed by atoms with van der Waals surface area (Å²) in [6, 6.07) is 15.4. The first-order valence-corrected chi connectivity index (χ1v) is 10.7. The number of nitrogens with zero attached hydrogens (tertiary/aromatic N) is 2. The van der Waals surface area contributed by atoms with Gasteiger partial charge in [-0.3, -0.25) is 14.5 Å². The van der Waals surface area contributed by atoms with E-state index in [9.17, 15) is 14.4 Å². The maximum atomic E-state index is 12.8. The van der Waals surface area contributed by atoms with Gasteiger partial charge in [0.2, 0.25) is 0 Å². The number of carbonyl (C=O) groups is 3. The highest BCUT2D eigenvalue weighted by atomic mass is 32.2. The molecule has 4 rings (SSSR count). The lowest BCUT2D eigenvalue weighted by atomic mass is 10.1. The van der Waals surface area contributed by atoms with Crippen LogP contribution < -0.4 is 0 Å². The Morgan fingerprint density at radius 3 is 2.55 bits per heavy atom. The maximum Gasteiger partial charge on any atom is 0.328 e. The van der Waals surface area contributed by atoms with Gasteiger partial charge in [0, 0.05) is 29.2 Å². The zero-order chi connectivity index (χ0) is 22.1. The Balaban J connectivity index is 1.69. The number of thioether (sulfide) groups is 1. The third kappa shape index (κ3) is 4.01. The van der Waals surface area contributed by atoms with Crippen LogP contribution in [0.4, 0.5) is 4.79 Å². The topological polar surface area (TPSA) is 68.6 Å². The molecule has 3 aromatic rings. The van der Waals surface area contributed by atoms with Crippen molar-refractivity contribution in [2.45, 2.75) is 26.4 Å². The maximum absolute atomic E-state index is 12.8. The molecule has 1 aliphatic heterocycles. The lowest BCUT2D eigenvalue weighted by Gasteiger charge is -2.18. The molecule has 1 aliphatic rings. The number of hydrogen-bond donors (Lipinski definition) is 0. The van der Waals surface area contributed by atoms with Crippen LogP contribution in [0.25, 0.3) is 17.0 Å². The van der Waals surface area contributed by atoms with Crippen LogP contribution in [0.3, 0.4) is 0 Å². The van der Waals surface area contributed by atoms with Crippen LogP contribution >= 0.6 is 11.8 Å². The Morgan fingerprint density at radius 2 is 1.84 bits per heavy atom. The van der Waals surface area contributed by atoms with Gasteiger partial charge in [0.1, 0.15) is 6.04 Å². The lowest BCUT2D eigenvalue weighted by Crippen LogP contribution is -2.42. The third-order valence-corrected chi connectivity index (χ3v) is 6.22. The number of rotatable bonds is 5. The Hall–Kier alpha value is -3.32. The number of aryl methyl sites for hydroxylation is 1. The minimum absolute atomic E-state index is 0.291. The van der Waals surface area contributed by atoms with Gasteiger partial charge in [0.15, 0.2) is 0 Å². The zero-order valence-corrected chi connectivity index (χ0v) is 18.3. The van der Waals surface area contributed by atoms with Crippen molar-refractivity contribution in [3.05, 3.63) is 76.3 Å². The molecule has 0 N–H and O–H groups in total. The van der Waals surface area contributed by atoms with E-state index in [1.807, 2.05) is 30.5 Å². The van der Waals surface area contributed by atoms with Crippen LogP contribution in [-0.4, -0.2) is 39.7 Å². The monoisotopic (exact) mass is 434 g/mol. The Bertz CT molecular complexity index is 1210. The molecule has 158 valence electrons. The van der Waals surface area contributed by atoms with Crippen LogP contribution in [0.15, 0.2) is 59.6 Å². The number of amides is 2. The highest BCUT2D eigenvalue weighted by molar-refractivity contribution is 8.18. The predicted octanol–water partition coefficient (Wildman–Crippen LogP) is 4.60. The molecule has 0 unspecified atom stereocenters. The Morgan fingerprint density at radius 1 is 1.13 bits per heavy atom. The van der Waals surface area contributed by atoms with E-state index in [0.29, 0.717) is 11.4 Å². The van der Waals surface area contributed by atoms with Crippen molar-refractivity contribution in [2.75, 3.05) is 7.11 Å². The number of methoxy groups -OCH3 is 1. The summed E-state index contributed by atoms with van der Waals surface area (Å²) in [6.07, 6.45) is 3.71. The van der Waals surface area contributed by atoms with E-state index >= 15 is 0 Å². The average molecular weight is 435 g/mol. The number of carbonyl (C=O) groups excluding carboxylic acids is 3. The van der Waals surface area contributed by atoms with Gasteiger partial charge >= 0.3 is 5.97 Å². The van der Waals surface area contributed by atoms with Crippen LogP contribution in [0.2, 0.25) is 0 Å². The molecule has 0 bridgehead atoms. The zero-order valence-electron chi connectivity index (χ0n) is 17.5. The molecule has 1 fully saturated rings. The van der Waals surface area contributed by atoms with Crippen molar-refractivity contribution in [2.24, 2.45) is 0 Å². The van der Waals surface area contributed by atoms with Gasteiger partial charge in [0.25, 0.3) is 11.1 Å². The molecular weight excluding hydrogens is 412 g/mol. The lowest BCUT2D eigenvalue weighted by molar-refractivity contribution is -0.148. The number of benzene rings is 2. The summed E-state index contributed by atoms with van der Waals surface area (Å²) in [6.45, 7) is 4.23. The second kappa shape index (κ2) is 8.43. The van der Waals surface area contributed by atoms with Crippen molar-refractivity contribution in [3.8, 4) is 0 Å². The molecule has 2 heterocycles. The van der Waals surface area contributed by atoms with E-state index in [-0.39, 0.29) is 0 Å². The summed E-state index contributed by atoms with van der Waals surface area (Å²) in [5, 5.41) is 0.514. The first-order chi connectivity index (χ1) is 14.9. The standard InChI is InChI=1S/C24H22N2O4S/c1-15-8-10-17(11-9-15)13-25-14-18(19-6-4-5-7-20(19)25)12-21-22(27)26(24(29)31-21)16(2)23(28)30-3/h4-12,14,16H,13H2,1-3H3/b21-12+/t16-/m1/s1. The smallest absolute Gasteiger partial charge is 0.328 e. The van der Waals surface area contributed by atoms with E-state index in [4.69, 9.17) is 0 Å². The summed E-state index contributed by atoms with van der Waals surface area (Å²) in [4.78, 5) is 38.3. The largest absolute Gasteiger partial charge is 0.467 e. The summed E-state index contributed by atoms with van der Waals surface area (Å²) >= 11 is 0.838. The number of para-hydroxylation sites is 1. The van der Waals surface area contributed by atoms with E-state index in [2.05, 4.69) is 40.5 Å². The van der Waals surface area contributed by atoms with Gasteiger partial charge in [0.05, 0.1) is 12.0 Å². The Kier molecular flexibility index (Phi) is 5.69.